The third-order valence-corrected chi connectivity index (χ3v) is 3.22. The molecule has 0 saturated carbocycles. The van der Waals surface area contributed by atoms with Crippen LogP contribution in [0.5, 0.6) is 0 Å². The molecule has 2 unspecified atom stereocenters. The predicted octanol–water partition coefficient (Wildman–Crippen LogP) is 2.63. The molecule has 0 heterocycles. The lowest BCUT2D eigenvalue weighted by molar-refractivity contribution is 0.168. The number of carbonyl (C=O) groups excluding carboxylic acids is 2. The van der Waals surface area contributed by atoms with Crippen LogP contribution in [-0.2, 0) is 9.59 Å². The topological polar surface area (TPSA) is 58.9 Å². The van der Waals surface area contributed by atoms with E-state index < -0.39 is 5.54 Å². The van der Waals surface area contributed by atoms with Crippen molar-refractivity contribution in [1.82, 2.24) is 0 Å². The molecule has 0 aromatic rings. The van der Waals surface area contributed by atoms with Gasteiger partial charge < -0.3 is 0 Å². The van der Waals surface area contributed by atoms with Crippen molar-refractivity contribution in [1.29, 1.82) is 0 Å². The third kappa shape index (κ3) is 3.13. The number of hydrogen-bond donors (Lipinski definition) is 0. The highest BCUT2D eigenvalue weighted by molar-refractivity contribution is 5.38. The minimum atomic E-state index is -0.720. The highest BCUT2D eigenvalue weighted by Crippen LogP contribution is 2.39. The Bertz CT molecular complexity index is 320. The van der Waals surface area contributed by atoms with Crippen molar-refractivity contribution >= 4 is 12.2 Å². The molecule has 0 aliphatic carbocycles. The largest absolute Gasteiger partial charge is 0.235 e. The number of nitrogens with zero attached hydrogens (tertiary/aromatic N) is 2. The zero-order valence-corrected chi connectivity index (χ0v) is 10.7. The predicted molar refractivity (Wildman–Crippen MR) is 62.8 cm³/mol. The first kappa shape index (κ1) is 14.8. The second-order valence-corrected chi connectivity index (χ2v) is 5.13. The first-order valence-electron chi connectivity index (χ1n) is 5.49. The molecule has 0 N–H and O–H groups in total. The van der Waals surface area contributed by atoms with Crippen LogP contribution in [0.3, 0.4) is 0 Å². The normalized spacial score (nSPS) is 16.6. The molecular weight excluding hydrogens is 204 g/mol. The van der Waals surface area contributed by atoms with E-state index in [2.05, 4.69) is 9.98 Å². The monoisotopic (exact) mass is 224 g/mol. The maximum absolute atomic E-state index is 10.5. The summed E-state index contributed by atoms with van der Waals surface area (Å²) in [5, 5.41) is 0. The summed E-state index contributed by atoms with van der Waals surface area (Å²) in [7, 11) is 0. The Labute approximate surface area is 96.9 Å². The smallest absolute Gasteiger partial charge is 0.211 e. The standard InChI is InChI=1S/C12H20N2O2/c1-6-7-10(13-8-15)12(5,14-9-16)11(2,3)4/h10H,6-7H2,1-5H3. The van der Waals surface area contributed by atoms with Gasteiger partial charge in [0.1, 0.15) is 0 Å². The zero-order chi connectivity index (χ0) is 12.8. The van der Waals surface area contributed by atoms with E-state index in [0.29, 0.717) is 6.42 Å². The third-order valence-electron chi connectivity index (χ3n) is 3.22. The van der Waals surface area contributed by atoms with Crippen molar-refractivity contribution in [2.45, 2.75) is 59.0 Å². The maximum atomic E-state index is 10.5. The van der Waals surface area contributed by atoms with Gasteiger partial charge in [-0.15, -0.1) is 0 Å². The summed E-state index contributed by atoms with van der Waals surface area (Å²) in [5.74, 6) is 0. The molecular formula is C12H20N2O2. The van der Waals surface area contributed by atoms with E-state index in [-0.39, 0.29) is 11.5 Å². The Morgan fingerprint density at radius 3 is 2.00 bits per heavy atom. The number of hydrogen-bond acceptors (Lipinski definition) is 4. The molecule has 0 amide bonds. The van der Waals surface area contributed by atoms with Gasteiger partial charge in [-0.2, -0.15) is 9.98 Å². The van der Waals surface area contributed by atoms with Gasteiger partial charge in [-0.1, -0.05) is 34.1 Å². The molecule has 2 atom stereocenters. The molecule has 4 nitrogen and oxygen atoms in total. The first-order chi connectivity index (χ1) is 7.33. The van der Waals surface area contributed by atoms with Crippen molar-refractivity contribution in [2.75, 3.05) is 0 Å². The van der Waals surface area contributed by atoms with Crippen LogP contribution in [-0.4, -0.2) is 23.7 Å². The molecule has 4 heteroatoms. The van der Waals surface area contributed by atoms with Crippen molar-refractivity contribution in [3.8, 4) is 0 Å². The van der Waals surface area contributed by atoms with Crippen LogP contribution in [0.25, 0.3) is 0 Å². The first-order valence-corrected chi connectivity index (χ1v) is 5.49. The van der Waals surface area contributed by atoms with E-state index >= 15 is 0 Å². The van der Waals surface area contributed by atoms with E-state index in [1.807, 2.05) is 34.6 Å². The van der Waals surface area contributed by atoms with Crippen LogP contribution >= 0.6 is 0 Å². The van der Waals surface area contributed by atoms with Gasteiger partial charge >= 0.3 is 0 Å². The average molecular weight is 224 g/mol. The van der Waals surface area contributed by atoms with Crippen LogP contribution in [0.1, 0.15) is 47.5 Å². The number of isocyanates is 2. The quantitative estimate of drug-likeness (QED) is 0.532. The van der Waals surface area contributed by atoms with Gasteiger partial charge in [0.05, 0.1) is 11.6 Å². The lowest BCUT2D eigenvalue weighted by Gasteiger charge is -2.40. The van der Waals surface area contributed by atoms with Crippen molar-refractivity contribution in [3.63, 3.8) is 0 Å². The molecule has 0 spiro atoms. The molecule has 0 aromatic carbocycles. The van der Waals surface area contributed by atoms with Gasteiger partial charge in [0.15, 0.2) is 0 Å². The Morgan fingerprint density at radius 2 is 1.69 bits per heavy atom. The van der Waals surface area contributed by atoms with Gasteiger partial charge in [-0.05, 0) is 18.8 Å². The van der Waals surface area contributed by atoms with Gasteiger partial charge in [0, 0.05) is 0 Å². The van der Waals surface area contributed by atoms with Crippen molar-refractivity contribution in [3.05, 3.63) is 0 Å². The number of aliphatic imine (C=N–C) groups is 2. The molecule has 16 heavy (non-hydrogen) atoms. The summed E-state index contributed by atoms with van der Waals surface area (Å²) < 4.78 is 0. The summed E-state index contributed by atoms with van der Waals surface area (Å²) in [6.45, 7) is 9.74. The SMILES string of the molecule is CCCC(N=C=O)C(C)(N=C=O)C(C)(C)C. The fourth-order valence-corrected chi connectivity index (χ4v) is 1.65. The summed E-state index contributed by atoms with van der Waals surface area (Å²) in [6, 6.07) is -0.323. The van der Waals surface area contributed by atoms with Gasteiger partial charge in [0.25, 0.3) is 0 Å². The molecule has 0 aliphatic heterocycles. The minimum Gasteiger partial charge on any atom is -0.211 e. The summed E-state index contributed by atoms with van der Waals surface area (Å²) in [4.78, 5) is 28.7. The van der Waals surface area contributed by atoms with Gasteiger partial charge in [-0.3, -0.25) is 0 Å². The maximum Gasteiger partial charge on any atom is 0.235 e. The molecule has 0 aromatic heterocycles. The van der Waals surface area contributed by atoms with Crippen LogP contribution in [0.2, 0.25) is 0 Å². The molecule has 0 aliphatic rings. The summed E-state index contributed by atoms with van der Waals surface area (Å²) in [5.41, 5.74) is -0.993. The van der Waals surface area contributed by atoms with Gasteiger partial charge in [-0.25, -0.2) is 9.59 Å². The van der Waals surface area contributed by atoms with Crippen molar-refractivity contribution in [2.24, 2.45) is 15.4 Å². The minimum absolute atomic E-state index is 0.273. The summed E-state index contributed by atoms with van der Waals surface area (Å²) >= 11 is 0. The number of rotatable bonds is 5. The fourth-order valence-electron chi connectivity index (χ4n) is 1.65. The van der Waals surface area contributed by atoms with E-state index in [4.69, 9.17) is 0 Å². The second-order valence-electron chi connectivity index (χ2n) is 5.13. The Kier molecular flexibility index (Phi) is 5.29. The Hall–Kier alpha value is -1.24. The van der Waals surface area contributed by atoms with E-state index in [1.54, 1.807) is 12.2 Å². The van der Waals surface area contributed by atoms with Crippen molar-refractivity contribution < 1.29 is 9.59 Å². The molecule has 0 saturated heterocycles. The van der Waals surface area contributed by atoms with Crippen LogP contribution < -0.4 is 0 Å². The molecule has 0 rings (SSSR count). The Balaban J connectivity index is 5.45. The molecule has 0 fully saturated rings. The zero-order valence-electron chi connectivity index (χ0n) is 10.7. The highest BCUT2D eigenvalue weighted by atomic mass is 16.1. The molecule has 0 radical (unpaired) electrons. The van der Waals surface area contributed by atoms with E-state index in [1.165, 1.54) is 0 Å². The molecule has 90 valence electrons. The van der Waals surface area contributed by atoms with E-state index in [0.717, 1.165) is 6.42 Å². The van der Waals surface area contributed by atoms with Crippen LogP contribution in [0, 0.1) is 5.41 Å². The fraction of sp³-hybridized carbons (Fsp3) is 0.833. The van der Waals surface area contributed by atoms with Gasteiger partial charge in [0.2, 0.25) is 12.2 Å². The lowest BCUT2D eigenvalue weighted by Crippen LogP contribution is -2.47. The van der Waals surface area contributed by atoms with E-state index in [9.17, 15) is 9.59 Å². The van der Waals surface area contributed by atoms with Crippen LogP contribution in [0.15, 0.2) is 9.98 Å². The summed E-state index contributed by atoms with van der Waals surface area (Å²) in [6.07, 6.45) is 4.74. The second kappa shape index (κ2) is 5.74. The van der Waals surface area contributed by atoms with Crippen LogP contribution in [0.4, 0.5) is 0 Å². The Morgan fingerprint density at radius 1 is 1.12 bits per heavy atom. The lowest BCUT2D eigenvalue weighted by atomic mass is 9.70. The highest BCUT2D eigenvalue weighted by Gasteiger charge is 2.44. The average Bonchev–Trinajstić information content (AvgIpc) is 2.16. The molecule has 0 bridgehead atoms.